The predicted octanol–water partition coefficient (Wildman–Crippen LogP) is 0.583. The van der Waals surface area contributed by atoms with E-state index in [1.54, 1.807) is 19.2 Å². The molecule has 30 heavy (non-hydrogen) atoms. The first-order valence-electron chi connectivity index (χ1n) is 9.01. The van der Waals surface area contributed by atoms with Gasteiger partial charge in [0.15, 0.2) is 17.2 Å². The van der Waals surface area contributed by atoms with Gasteiger partial charge in [0.1, 0.15) is 12.0 Å². The average molecular weight is 412 g/mol. The van der Waals surface area contributed by atoms with Crippen LogP contribution >= 0.6 is 0 Å². The van der Waals surface area contributed by atoms with Crippen LogP contribution in [0.4, 0.5) is 21.7 Å². The zero-order chi connectivity index (χ0) is 21.3. The standard InChI is InChI=1S/C18H17FN8O3/c1-20-11-7-14(25-18(30)17(29)24-13-4-2-3-5-21-13)26-27-12(8-22-15(11)27)16(28)23-10-6-9(10)19/h2-5,7-10,20H,6H2,1H3,(H,23,28)(H,21,24,29)(H,25,26,30)/t9-,10+/m0/s1. The van der Waals surface area contributed by atoms with Crippen LogP contribution in [0.25, 0.3) is 5.65 Å². The van der Waals surface area contributed by atoms with Crippen molar-refractivity contribution >= 4 is 40.7 Å². The van der Waals surface area contributed by atoms with Crippen molar-refractivity contribution < 1.29 is 18.8 Å². The molecule has 1 fully saturated rings. The minimum absolute atomic E-state index is 0.00913. The minimum atomic E-state index is -1.05. The normalized spacial score (nSPS) is 17.3. The van der Waals surface area contributed by atoms with E-state index >= 15 is 0 Å². The van der Waals surface area contributed by atoms with Crippen LogP contribution in [0.2, 0.25) is 0 Å². The average Bonchev–Trinajstić information content (AvgIpc) is 3.25. The highest BCUT2D eigenvalue weighted by Gasteiger charge is 2.39. The van der Waals surface area contributed by atoms with E-state index in [1.807, 2.05) is 0 Å². The zero-order valence-electron chi connectivity index (χ0n) is 15.7. The maximum Gasteiger partial charge on any atom is 0.315 e. The fourth-order valence-corrected chi connectivity index (χ4v) is 2.71. The molecule has 4 N–H and O–H groups in total. The minimum Gasteiger partial charge on any atom is -0.385 e. The van der Waals surface area contributed by atoms with E-state index in [0.29, 0.717) is 11.3 Å². The van der Waals surface area contributed by atoms with Crippen LogP contribution in [0.3, 0.4) is 0 Å². The van der Waals surface area contributed by atoms with Gasteiger partial charge in [-0.3, -0.25) is 14.4 Å². The fourth-order valence-electron chi connectivity index (χ4n) is 2.71. The number of rotatable bonds is 5. The summed E-state index contributed by atoms with van der Waals surface area (Å²) in [6, 6.07) is 5.81. The molecule has 0 aromatic carbocycles. The van der Waals surface area contributed by atoms with Crippen molar-refractivity contribution in [2.45, 2.75) is 18.6 Å². The van der Waals surface area contributed by atoms with Gasteiger partial charge in [-0.15, -0.1) is 5.10 Å². The number of amides is 3. The molecule has 0 saturated heterocycles. The lowest BCUT2D eigenvalue weighted by Crippen LogP contribution is -2.30. The lowest BCUT2D eigenvalue weighted by atomic mass is 10.4. The van der Waals surface area contributed by atoms with Crippen molar-refractivity contribution in [1.82, 2.24) is 24.9 Å². The number of imidazole rings is 1. The number of hydrogen-bond donors (Lipinski definition) is 4. The summed E-state index contributed by atoms with van der Waals surface area (Å²) in [4.78, 5) is 44.8. The van der Waals surface area contributed by atoms with Gasteiger partial charge in [0.2, 0.25) is 0 Å². The molecule has 3 aromatic rings. The number of aromatic nitrogens is 4. The summed E-state index contributed by atoms with van der Waals surface area (Å²) >= 11 is 0. The second kappa shape index (κ2) is 7.73. The summed E-state index contributed by atoms with van der Waals surface area (Å²) in [7, 11) is 1.63. The maximum atomic E-state index is 13.1. The Kier molecular flexibility index (Phi) is 4.96. The molecule has 1 aliphatic carbocycles. The molecule has 0 unspecified atom stereocenters. The molecule has 12 heteroatoms. The molecule has 154 valence electrons. The second-order valence-electron chi connectivity index (χ2n) is 6.53. The van der Waals surface area contributed by atoms with Gasteiger partial charge in [-0.1, -0.05) is 6.07 Å². The number of nitrogens with one attached hydrogen (secondary N) is 4. The van der Waals surface area contributed by atoms with Gasteiger partial charge in [0.05, 0.1) is 17.9 Å². The van der Waals surface area contributed by atoms with Gasteiger partial charge in [0.25, 0.3) is 5.91 Å². The van der Waals surface area contributed by atoms with Crippen molar-refractivity contribution in [1.29, 1.82) is 0 Å². The number of fused-ring (bicyclic) bond motifs is 1. The smallest absolute Gasteiger partial charge is 0.315 e. The summed E-state index contributed by atoms with van der Waals surface area (Å²) in [5, 5.41) is 14.3. The fraction of sp³-hybridized carbons (Fsp3) is 0.222. The highest BCUT2D eigenvalue weighted by Crippen LogP contribution is 2.26. The first-order chi connectivity index (χ1) is 14.5. The van der Waals surface area contributed by atoms with E-state index in [9.17, 15) is 18.8 Å². The molecule has 3 aromatic heterocycles. The third-order valence-electron chi connectivity index (χ3n) is 4.35. The number of hydrogen-bond acceptors (Lipinski definition) is 7. The Morgan fingerprint density at radius 2 is 1.87 bits per heavy atom. The largest absolute Gasteiger partial charge is 0.385 e. The number of carbonyl (C=O) groups excluding carboxylic acids is 3. The second-order valence-corrected chi connectivity index (χ2v) is 6.53. The number of nitrogens with zero attached hydrogens (tertiary/aromatic N) is 4. The van der Waals surface area contributed by atoms with Crippen LogP contribution in [0.1, 0.15) is 16.9 Å². The molecule has 1 aliphatic rings. The molecule has 0 bridgehead atoms. The van der Waals surface area contributed by atoms with Crippen molar-refractivity contribution in [2.75, 3.05) is 23.0 Å². The van der Waals surface area contributed by atoms with E-state index in [1.165, 1.54) is 29.0 Å². The quantitative estimate of drug-likeness (QED) is 0.449. The molecule has 0 spiro atoms. The van der Waals surface area contributed by atoms with Crippen LogP contribution in [0, 0.1) is 0 Å². The number of carbonyl (C=O) groups is 3. The van der Waals surface area contributed by atoms with Crippen LogP contribution in [0.5, 0.6) is 0 Å². The third-order valence-corrected chi connectivity index (χ3v) is 4.35. The summed E-state index contributed by atoms with van der Waals surface area (Å²) in [5.74, 6) is -2.22. The molecule has 1 saturated carbocycles. The monoisotopic (exact) mass is 412 g/mol. The van der Waals surface area contributed by atoms with Crippen LogP contribution < -0.4 is 21.3 Å². The van der Waals surface area contributed by atoms with Gasteiger partial charge in [-0.2, -0.15) is 0 Å². The van der Waals surface area contributed by atoms with Gasteiger partial charge < -0.3 is 21.3 Å². The Morgan fingerprint density at radius 3 is 2.50 bits per heavy atom. The Hall–Kier alpha value is -4.09. The van der Waals surface area contributed by atoms with Crippen molar-refractivity contribution in [3.63, 3.8) is 0 Å². The first kappa shape index (κ1) is 19.2. The zero-order valence-corrected chi connectivity index (χ0v) is 15.7. The Labute approximate surface area is 169 Å². The Morgan fingerprint density at radius 1 is 1.13 bits per heavy atom. The van der Waals surface area contributed by atoms with Crippen molar-refractivity contribution in [3.8, 4) is 0 Å². The van der Waals surface area contributed by atoms with Gasteiger partial charge in [-0.05, 0) is 12.1 Å². The molecule has 0 aliphatic heterocycles. The summed E-state index contributed by atoms with van der Waals surface area (Å²) in [6.07, 6.45) is 1.99. The molecule has 11 nitrogen and oxygen atoms in total. The summed E-state index contributed by atoms with van der Waals surface area (Å²) in [6.45, 7) is 0. The number of alkyl halides is 1. The van der Waals surface area contributed by atoms with Crippen LogP contribution in [-0.4, -0.2) is 56.6 Å². The first-order valence-corrected chi connectivity index (χ1v) is 9.01. The molecule has 0 radical (unpaired) electrons. The number of halogens is 1. The van der Waals surface area contributed by atoms with E-state index in [2.05, 4.69) is 36.3 Å². The summed E-state index contributed by atoms with van der Waals surface area (Å²) < 4.78 is 14.3. The number of pyridine rings is 1. The van der Waals surface area contributed by atoms with E-state index < -0.39 is 29.9 Å². The molecule has 3 heterocycles. The van der Waals surface area contributed by atoms with Crippen molar-refractivity contribution in [3.05, 3.63) is 42.4 Å². The maximum absolute atomic E-state index is 13.1. The Bertz CT molecular complexity index is 1130. The molecular weight excluding hydrogens is 395 g/mol. The molecule has 3 amide bonds. The van der Waals surface area contributed by atoms with Crippen molar-refractivity contribution in [2.24, 2.45) is 0 Å². The van der Waals surface area contributed by atoms with Gasteiger partial charge in [0, 0.05) is 25.7 Å². The van der Waals surface area contributed by atoms with E-state index in [4.69, 9.17) is 0 Å². The Balaban J connectivity index is 1.56. The highest BCUT2D eigenvalue weighted by molar-refractivity contribution is 6.43. The third kappa shape index (κ3) is 3.87. The lowest BCUT2D eigenvalue weighted by Gasteiger charge is -2.10. The van der Waals surface area contributed by atoms with Crippen LogP contribution in [-0.2, 0) is 9.59 Å². The molecular formula is C18H17FN8O3. The highest BCUT2D eigenvalue weighted by atomic mass is 19.1. The molecule has 2 atom stereocenters. The van der Waals surface area contributed by atoms with Gasteiger partial charge in [-0.25, -0.2) is 18.9 Å². The number of anilines is 3. The summed E-state index contributed by atoms with van der Waals surface area (Å²) in [5.41, 5.74) is 0.847. The van der Waals surface area contributed by atoms with E-state index in [-0.39, 0.29) is 23.8 Å². The van der Waals surface area contributed by atoms with E-state index in [0.717, 1.165) is 0 Å². The predicted molar refractivity (Wildman–Crippen MR) is 105 cm³/mol. The molecule has 4 rings (SSSR count). The lowest BCUT2D eigenvalue weighted by molar-refractivity contribution is -0.133. The van der Waals surface area contributed by atoms with Crippen LogP contribution in [0.15, 0.2) is 36.7 Å². The topological polar surface area (TPSA) is 142 Å². The van der Waals surface area contributed by atoms with Gasteiger partial charge >= 0.3 is 11.8 Å². The SMILES string of the molecule is CNc1cc(NC(=O)C(=O)Nc2ccccn2)nn2c(C(=O)N[C@@H]3C[C@@H]3F)cnc12.